The predicted molar refractivity (Wildman–Crippen MR) is 74.5 cm³/mol. The van der Waals surface area contributed by atoms with Crippen molar-refractivity contribution in [1.82, 2.24) is 9.55 Å². The van der Waals surface area contributed by atoms with E-state index in [1.807, 2.05) is 47.2 Å². The molecule has 0 spiro atoms. The fourth-order valence-electron chi connectivity index (χ4n) is 2.10. The molecule has 94 valence electrons. The summed E-state index contributed by atoms with van der Waals surface area (Å²) in [4.78, 5) is 3.98. The quantitative estimate of drug-likeness (QED) is 0.442. The number of rotatable bonds is 3. The molecule has 0 aliphatic heterocycles. The number of imidazole rings is 1. The SMILES string of the molecule is ON=C(Cn1ccnc1)c1ccc2ccccc2c1. The Balaban J connectivity index is 1.97. The second kappa shape index (κ2) is 4.94. The lowest BCUT2D eigenvalue weighted by atomic mass is 10.0. The van der Waals surface area contributed by atoms with Gasteiger partial charge in [0.05, 0.1) is 12.9 Å². The van der Waals surface area contributed by atoms with Crippen molar-refractivity contribution in [1.29, 1.82) is 0 Å². The second-order valence-electron chi connectivity index (χ2n) is 4.34. The van der Waals surface area contributed by atoms with E-state index in [0.717, 1.165) is 10.9 Å². The van der Waals surface area contributed by atoms with Gasteiger partial charge in [-0.15, -0.1) is 0 Å². The van der Waals surface area contributed by atoms with Crippen LogP contribution in [0.25, 0.3) is 10.8 Å². The Morgan fingerprint density at radius 3 is 2.74 bits per heavy atom. The third kappa shape index (κ3) is 2.33. The van der Waals surface area contributed by atoms with E-state index in [2.05, 4.69) is 16.2 Å². The van der Waals surface area contributed by atoms with Crippen LogP contribution in [0.5, 0.6) is 0 Å². The molecule has 3 rings (SSSR count). The normalized spacial score (nSPS) is 11.9. The fourth-order valence-corrected chi connectivity index (χ4v) is 2.10. The third-order valence-electron chi connectivity index (χ3n) is 3.09. The number of oxime groups is 1. The van der Waals surface area contributed by atoms with E-state index in [1.165, 1.54) is 5.39 Å². The minimum absolute atomic E-state index is 0.495. The smallest absolute Gasteiger partial charge is 0.106 e. The number of benzene rings is 2. The van der Waals surface area contributed by atoms with Crippen LogP contribution in [0.3, 0.4) is 0 Å². The average molecular weight is 251 g/mol. The van der Waals surface area contributed by atoms with Crippen LogP contribution in [0, 0.1) is 0 Å². The van der Waals surface area contributed by atoms with Crippen LogP contribution in [-0.4, -0.2) is 20.5 Å². The topological polar surface area (TPSA) is 50.4 Å². The average Bonchev–Trinajstić information content (AvgIpc) is 2.97. The van der Waals surface area contributed by atoms with Crippen molar-refractivity contribution in [3.8, 4) is 0 Å². The van der Waals surface area contributed by atoms with Crippen molar-refractivity contribution in [2.75, 3.05) is 0 Å². The van der Waals surface area contributed by atoms with Gasteiger partial charge in [0.25, 0.3) is 0 Å². The Hall–Kier alpha value is -2.62. The Morgan fingerprint density at radius 1 is 1.16 bits per heavy atom. The highest BCUT2D eigenvalue weighted by Gasteiger charge is 2.06. The first kappa shape index (κ1) is 11.5. The minimum Gasteiger partial charge on any atom is -0.411 e. The molecule has 1 N–H and O–H groups in total. The molecule has 0 fully saturated rings. The first-order chi connectivity index (χ1) is 9.36. The van der Waals surface area contributed by atoms with Crippen LogP contribution in [0.15, 0.2) is 66.3 Å². The van der Waals surface area contributed by atoms with Gasteiger partial charge in [-0.05, 0) is 16.8 Å². The second-order valence-corrected chi connectivity index (χ2v) is 4.34. The van der Waals surface area contributed by atoms with Gasteiger partial charge in [0, 0.05) is 18.0 Å². The van der Waals surface area contributed by atoms with Gasteiger partial charge < -0.3 is 9.77 Å². The maximum Gasteiger partial charge on any atom is 0.106 e. The predicted octanol–water partition coefficient (Wildman–Crippen LogP) is 2.91. The molecule has 2 aromatic carbocycles. The maximum atomic E-state index is 9.20. The fraction of sp³-hybridized carbons (Fsp3) is 0.0667. The van der Waals surface area contributed by atoms with Crippen molar-refractivity contribution in [3.05, 3.63) is 66.7 Å². The molecule has 0 radical (unpaired) electrons. The van der Waals surface area contributed by atoms with E-state index in [1.54, 1.807) is 12.5 Å². The van der Waals surface area contributed by atoms with Crippen LogP contribution in [0.2, 0.25) is 0 Å². The molecule has 3 aromatic rings. The van der Waals surface area contributed by atoms with Crippen LogP contribution < -0.4 is 0 Å². The molecule has 0 unspecified atom stereocenters. The first-order valence-corrected chi connectivity index (χ1v) is 6.02. The highest BCUT2D eigenvalue weighted by atomic mass is 16.4. The largest absolute Gasteiger partial charge is 0.411 e. The van der Waals surface area contributed by atoms with Gasteiger partial charge in [0.15, 0.2) is 0 Å². The molecular weight excluding hydrogens is 238 g/mol. The summed E-state index contributed by atoms with van der Waals surface area (Å²) in [5.41, 5.74) is 1.53. The van der Waals surface area contributed by atoms with Crippen LogP contribution in [0.4, 0.5) is 0 Å². The zero-order valence-corrected chi connectivity index (χ0v) is 10.3. The Morgan fingerprint density at radius 2 is 2.00 bits per heavy atom. The molecule has 0 aliphatic rings. The van der Waals surface area contributed by atoms with Crippen LogP contribution in [-0.2, 0) is 6.54 Å². The summed E-state index contributed by atoms with van der Waals surface area (Å²) in [6.45, 7) is 0.495. The van der Waals surface area contributed by atoms with E-state index in [4.69, 9.17) is 0 Å². The molecule has 0 amide bonds. The zero-order chi connectivity index (χ0) is 13.1. The summed E-state index contributed by atoms with van der Waals surface area (Å²) in [5.74, 6) is 0. The highest BCUT2D eigenvalue weighted by molar-refractivity contribution is 6.03. The van der Waals surface area contributed by atoms with E-state index in [-0.39, 0.29) is 0 Å². The van der Waals surface area contributed by atoms with Crippen LogP contribution in [0.1, 0.15) is 5.56 Å². The number of hydrogen-bond donors (Lipinski definition) is 1. The summed E-state index contributed by atoms with van der Waals surface area (Å²) in [7, 11) is 0. The molecule has 0 aliphatic carbocycles. The van der Waals surface area contributed by atoms with Gasteiger partial charge in [-0.3, -0.25) is 0 Å². The molecule has 0 saturated carbocycles. The van der Waals surface area contributed by atoms with Gasteiger partial charge in [-0.1, -0.05) is 41.6 Å². The molecule has 1 heterocycles. The molecule has 1 aromatic heterocycles. The lowest BCUT2D eigenvalue weighted by Crippen LogP contribution is -2.10. The number of nitrogens with zero attached hydrogens (tertiary/aromatic N) is 3. The molecule has 0 saturated heterocycles. The van der Waals surface area contributed by atoms with Gasteiger partial charge in [-0.2, -0.15) is 0 Å². The third-order valence-corrected chi connectivity index (χ3v) is 3.09. The van der Waals surface area contributed by atoms with Gasteiger partial charge in [-0.25, -0.2) is 4.98 Å². The monoisotopic (exact) mass is 251 g/mol. The van der Waals surface area contributed by atoms with Crippen LogP contribution >= 0.6 is 0 Å². The Kier molecular flexibility index (Phi) is 2.98. The van der Waals surface area contributed by atoms with E-state index < -0.39 is 0 Å². The Bertz CT molecular complexity index is 717. The summed E-state index contributed by atoms with van der Waals surface area (Å²) in [6.07, 6.45) is 5.24. The highest BCUT2D eigenvalue weighted by Crippen LogP contribution is 2.16. The number of hydrogen-bond acceptors (Lipinski definition) is 3. The molecular formula is C15H13N3O. The molecule has 4 heteroatoms. The summed E-state index contributed by atoms with van der Waals surface area (Å²) in [6, 6.07) is 14.1. The van der Waals surface area contributed by atoms with Crippen molar-refractivity contribution in [3.63, 3.8) is 0 Å². The maximum absolute atomic E-state index is 9.20. The van der Waals surface area contributed by atoms with E-state index >= 15 is 0 Å². The Labute approximate surface area is 110 Å². The van der Waals surface area contributed by atoms with Gasteiger partial charge in [0.1, 0.15) is 5.71 Å². The summed E-state index contributed by atoms with van der Waals surface area (Å²) in [5, 5.41) is 14.9. The lowest BCUT2D eigenvalue weighted by molar-refractivity contribution is 0.317. The standard InChI is InChI=1S/C15H13N3O/c19-17-15(10-18-8-7-16-11-18)14-6-5-12-3-1-2-4-13(12)9-14/h1-9,11,19H,10H2. The molecule has 0 bridgehead atoms. The summed E-state index contributed by atoms with van der Waals surface area (Å²) >= 11 is 0. The van der Waals surface area contributed by atoms with E-state index in [9.17, 15) is 5.21 Å². The van der Waals surface area contributed by atoms with Gasteiger partial charge in [0.2, 0.25) is 0 Å². The zero-order valence-electron chi connectivity index (χ0n) is 10.3. The van der Waals surface area contributed by atoms with Crippen molar-refractivity contribution >= 4 is 16.5 Å². The molecule has 0 atom stereocenters. The van der Waals surface area contributed by atoms with E-state index in [0.29, 0.717) is 12.3 Å². The van der Waals surface area contributed by atoms with Gasteiger partial charge >= 0.3 is 0 Å². The molecule has 19 heavy (non-hydrogen) atoms. The number of fused-ring (bicyclic) bond motifs is 1. The van der Waals surface area contributed by atoms with Crippen molar-refractivity contribution < 1.29 is 5.21 Å². The minimum atomic E-state index is 0.495. The lowest BCUT2D eigenvalue weighted by Gasteiger charge is -2.07. The van der Waals surface area contributed by atoms with Crippen molar-refractivity contribution in [2.45, 2.75) is 6.54 Å². The number of aromatic nitrogens is 2. The first-order valence-electron chi connectivity index (χ1n) is 6.02. The summed E-state index contributed by atoms with van der Waals surface area (Å²) < 4.78 is 1.87. The van der Waals surface area contributed by atoms with Crippen molar-refractivity contribution in [2.24, 2.45) is 5.16 Å². The molecule has 4 nitrogen and oxygen atoms in total.